The van der Waals surface area contributed by atoms with Crippen molar-refractivity contribution in [3.8, 4) is 0 Å². The Morgan fingerprint density at radius 1 is 0.625 bits per heavy atom. The van der Waals surface area contributed by atoms with Crippen LogP contribution in [0.3, 0.4) is 0 Å². The van der Waals surface area contributed by atoms with E-state index in [0.29, 0.717) is 17.7 Å². The third kappa shape index (κ3) is 4.08. The van der Waals surface area contributed by atoms with Crippen LogP contribution in [0.15, 0.2) is 24.3 Å². The molecule has 0 aromatic heterocycles. The molecule has 4 heteroatoms. The predicted molar refractivity (Wildman–Crippen MR) is 134 cm³/mol. The third-order valence-corrected chi connectivity index (χ3v) is 16.0. The zero-order valence-corrected chi connectivity index (χ0v) is 20.7. The maximum Gasteiger partial charge on any atom is 0.261 e. The van der Waals surface area contributed by atoms with Crippen LogP contribution in [0.2, 0.25) is 0 Å². The SMILES string of the molecule is O=C1c2ccccc2C(=O)N1CC[P+](C1CCCCC1)(C1CCCCC1)C1CCCCC1. The minimum absolute atomic E-state index is 0.0420. The molecular formula is C28H41NO2P+. The molecule has 1 aromatic carbocycles. The number of hydrogen-bond acceptors (Lipinski definition) is 2. The highest BCUT2D eigenvalue weighted by molar-refractivity contribution is 7.77. The first-order chi connectivity index (χ1) is 15.7. The normalized spacial score (nSPS) is 24.2. The van der Waals surface area contributed by atoms with Gasteiger partial charge in [0.05, 0.1) is 40.8 Å². The Hall–Kier alpha value is -1.21. The molecule has 0 saturated heterocycles. The minimum atomic E-state index is -1.27. The molecule has 3 fully saturated rings. The summed E-state index contributed by atoms with van der Waals surface area (Å²) in [5.41, 5.74) is 3.94. The molecule has 0 atom stereocenters. The number of carbonyl (C=O) groups is 2. The van der Waals surface area contributed by atoms with E-state index in [4.69, 9.17) is 0 Å². The van der Waals surface area contributed by atoms with Crippen molar-refractivity contribution in [2.45, 2.75) is 113 Å². The van der Waals surface area contributed by atoms with Crippen molar-refractivity contribution in [1.29, 1.82) is 0 Å². The van der Waals surface area contributed by atoms with Crippen molar-refractivity contribution >= 4 is 19.1 Å². The summed E-state index contributed by atoms with van der Waals surface area (Å²) in [6.07, 6.45) is 22.3. The molecule has 0 spiro atoms. The van der Waals surface area contributed by atoms with Crippen LogP contribution < -0.4 is 0 Å². The van der Waals surface area contributed by atoms with E-state index in [1.54, 1.807) is 4.90 Å². The molecule has 0 unspecified atom stereocenters. The lowest BCUT2D eigenvalue weighted by atomic mass is 9.99. The number of fused-ring (bicyclic) bond motifs is 1. The molecule has 0 radical (unpaired) electrons. The zero-order valence-electron chi connectivity index (χ0n) is 19.8. The molecule has 1 aromatic rings. The standard InChI is InChI=1S/C28H41NO2P/c30-27-25-18-10-11-19-26(25)28(31)29(27)20-21-32(22-12-4-1-5-13-22,23-14-6-2-7-15-23)24-16-8-3-9-17-24/h10-11,18-19,22-24H,1-9,12-17,20-21H2/q+1. The molecule has 174 valence electrons. The topological polar surface area (TPSA) is 37.4 Å². The highest BCUT2D eigenvalue weighted by Gasteiger charge is 2.57. The van der Waals surface area contributed by atoms with Gasteiger partial charge in [0.1, 0.15) is 0 Å². The second-order valence-electron chi connectivity index (χ2n) is 10.9. The van der Waals surface area contributed by atoms with Gasteiger partial charge in [-0.25, -0.2) is 0 Å². The molecule has 0 N–H and O–H groups in total. The summed E-state index contributed by atoms with van der Waals surface area (Å²) in [4.78, 5) is 28.0. The summed E-state index contributed by atoms with van der Waals surface area (Å²) in [6.45, 7) is 0.670. The third-order valence-electron chi connectivity index (χ3n) is 9.35. The largest absolute Gasteiger partial charge is 0.271 e. The van der Waals surface area contributed by atoms with E-state index < -0.39 is 7.26 Å². The number of rotatable bonds is 6. The summed E-state index contributed by atoms with van der Waals surface area (Å²) in [5.74, 6) is -0.0840. The van der Waals surface area contributed by atoms with Gasteiger partial charge < -0.3 is 0 Å². The highest BCUT2D eigenvalue weighted by Crippen LogP contribution is 2.77. The van der Waals surface area contributed by atoms with E-state index in [1.165, 1.54) is 96.3 Å². The van der Waals surface area contributed by atoms with Crippen molar-refractivity contribution in [3.05, 3.63) is 35.4 Å². The Bertz CT molecular complexity index is 738. The minimum Gasteiger partial charge on any atom is -0.271 e. The van der Waals surface area contributed by atoms with E-state index in [0.717, 1.165) is 23.1 Å². The molecule has 5 rings (SSSR count). The van der Waals surface area contributed by atoms with Gasteiger partial charge in [-0.3, -0.25) is 14.5 Å². The number of benzene rings is 1. The van der Waals surface area contributed by atoms with Crippen molar-refractivity contribution in [2.24, 2.45) is 0 Å². The van der Waals surface area contributed by atoms with Gasteiger partial charge in [-0.15, -0.1) is 0 Å². The first kappa shape index (κ1) is 22.6. The van der Waals surface area contributed by atoms with Gasteiger partial charge in [-0.1, -0.05) is 31.4 Å². The predicted octanol–water partition coefficient (Wildman–Crippen LogP) is 7.30. The number of carbonyl (C=O) groups excluding carboxylic acids is 2. The quantitative estimate of drug-likeness (QED) is 0.334. The highest BCUT2D eigenvalue weighted by atomic mass is 31.2. The molecule has 4 aliphatic rings. The van der Waals surface area contributed by atoms with Gasteiger partial charge in [0.25, 0.3) is 11.8 Å². The van der Waals surface area contributed by atoms with Crippen LogP contribution in [0.4, 0.5) is 0 Å². The molecule has 3 aliphatic carbocycles. The summed E-state index contributed by atoms with van der Waals surface area (Å²) < 4.78 is 0. The second kappa shape index (κ2) is 9.96. The molecular weight excluding hydrogens is 413 g/mol. The van der Waals surface area contributed by atoms with Gasteiger partial charge in [0, 0.05) is 7.26 Å². The molecule has 3 nitrogen and oxygen atoms in total. The molecule has 1 heterocycles. The van der Waals surface area contributed by atoms with Gasteiger partial charge in [0.15, 0.2) is 0 Å². The second-order valence-corrected chi connectivity index (χ2v) is 15.5. The Balaban J connectivity index is 1.46. The van der Waals surface area contributed by atoms with Crippen LogP contribution >= 0.6 is 7.26 Å². The van der Waals surface area contributed by atoms with Gasteiger partial charge in [-0.2, -0.15) is 0 Å². The van der Waals surface area contributed by atoms with Crippen molar-refractivity contribution in [1.82, 2.24) is 4.90 Å². The fraction of sp³-hybridized carbons (Fsp3) is 0.714. The molecule has 32 heavy (non-hydrogen) atoms. The average molecular weight is 455 g/mol. The first-order valence-corrected chi connectivity index (χ1v) is 15.7. The summed E-state index contributed by atoms with van der Waals surface area (Å²) in [7, 11) is -1.27. The van der Waals surface area contributed by atoms with Crippen molar-refractivity contribution in [3.63, 3.8) is 0 Å². The fourth-order valence-electron chi connectivity index (χ4n) is 7.84. The number of amides is 2. The Morgan fingerprint density at radius 2 is 1.00 bits per heavy atom. The van der Waals surface area contributed by atoms with E-state index in [-0.39, 0.29) is 11.8 Å². The summed E-state index contributed by atoms with van der Waals surface area (Å²) in [5, 5.41) is 0. The maximum absolute atomic E-state index is 13.2. The number of nitrogens with zero attached hydrogens (tertiary/aromatic N) is 1. The van der Waals surface area contributed by atoms with Crippen molar-refractivity contribution in [2.75, 3.05) is 12.7 Å². The lowest BCUT2D eigenvalue weighted by Crippen LogP contribution is -2.41. The Morgan fingerprint density at radius 3 is 1.38 bits per heavy atom. The van der Waals surface area contributed by atoms with Crippen LogP contribution in [0.25, 0.3) is 0 Å². The van der Waals surface area contributed by atoms with Crippen LogP contribution in [0.5, 0.6) is 0 Å². The van der Waals surface area contributed by atoms with E-state index in [9.17, 15) is 9.59 Å². The van der Waals surface area contributed by atoms with Gasteiger partial charge in [0.2, 0.25) is 0 Å². The lowest BCUT2D eigenvalue weighted by molar-refractivity contribution is 0.0663. The Kier molecular flexibility index (Phi) is 7.03. The summed E-state index contributed by atoms with van der Waals surface area (Å²) >= 11 is 0. The Labute approximate surface area is 195 Å². The number of hydrogen-bond donors (Lipinski definition) is 0. The van der Waals surface area contributed by atoms with E-state index >= 15 is 0 Å². The van der Waals surface area contributed by atoms with Crippen molar-refractivity contribution < 1.29 is 9.59 Å². The smallest absolute Gasteiger partial charge is 0.261 e. The van der Waals surface area contributed by atoms with E-state index in [1.807, 2.05) is 24.3 Å². The lowest BCUT2D eigenvalue weighted by Gasteiger charge is -2.49. The summed E-state index contributed by atoms with van der Waals surface area (Å²) in [6, 6.07) is 7.44. The van der Waals surface area contributed by atoms with E-state index in [2.05, 4.69) is 0 Å². The van der Waals surface area contributed by atoms with Crippen LogP contribution in [-0.4, -0.2) is 46.4 Å². The van der Waals surface area contributed by atoms with Gasteiger partial charge in [-0.05, 0) is 89.2 Å². The average Bonchev–Trinajstić information content (AvgIpc) is 3.11. The zero-order chi connectivity index (χ0) is 22.0. The van der Waals surface area contributed by atoms with Crippen LogP contribution in [-0.2, 0) is 0 Å². The van der Waals surface area contributed by atoms with Crippen LogP contribution in [0, 0.1) is 0 Å². The monoisotopic (exact) mass is 454 g/mol. The molecule has 1 aliphatic heterocycles. The first-order valence-electron chi connectivity index (χ1n) is 13.5. The molecule has 3 saturated carbocycles. The number of imide groups is 1. The van der Waals surface area contributed by atoms with Gasteiger partial charge >= 0.3 is 0 Å². The van der Waals surface area contributed by atoms with Crippen LogP contribution in [0.1, 0.15) is 117 Å². The maximum atomic E-state index is 13.2. The molecule has 2 amide bonds. The fourth-order valence-corrected chi connectivity index (χ4v) is 15.3. The molecule has 0 bridgehead atoms.